The third-order valence-corrected chi connectivity index (χ3v) is 3.45. The molecule has 2 aromatic rings. The van der Waals surface area contributed by atoms with E-state index in [1.807, 2.05) is 10.7 Å². The molecule has 0 radical (unpaired) electrons. The minimum Gasteiger partial charge on any atom is -0.330 e. The van der Waals surface area contributed by atoms with Crippen molar-refractivity contribution in [1.82, 2.24) is 20.2 Å². The van der Waals surface area contributed by atoms with Gasteiger partial charge in [0, 0.05) is 12.0 Å². The van der Waals surface area contributed by atoms with Gasteiger partial charge in [-0.1, -0.05) is 44.2 Å². The Bertz CT molecular complexity index is 518. The number of hydrogen-bond donors (Lipinski definition) is 1. The molecule has 0 aliphatic carbocycles. The molecule has 2 N–H and O–H groups in total. The van der Waals surface area contributed by atoms with E-state index in [1.165, 1.54) is 5.56 Å². The van der Waals surface area contributed by atoms with Gasteiger partial charge in [-0.2, -0.15) is 0 Å². The normalized spacial score (nSPS) is 11.8. The van der Waals surface area contributed by atoms with E-state index in [2.05, 4.69) is 53.6 Å². The predicted octanol–water partition coefficient (Wildman–Crippen LogP) is 1.93. The molecular formula is C15H23N5. The van der Waals surface area contributed by atoms with Crippen molar-refractivity contribution >= 4 is 0 Å². The highest BCUT2D eigenvalue weighted by Gasteiger charge is 2.27. The molecule has 0 aliphatic rings. The Balaban J connectivity index is 2.11. The summed E-state index contributed by atoms with van der Waals surface area (Å²) in [5.41, 5.74) is 6.74. The zero-order valence-corrected chi connectivity index (χ0v) is 12.3. The molecule has 20 heavy (non-hydrogen) atoms. The minimum atomic E-state index is -0.0897. The van der Waals surface area contributed by atoms with Crippen LogP contribution in [0.1, 0.15) is 38.1 Å². The van der Waals surface area contributed by atoms with Gasteiger partial charge in [0.05, 0.1) is 0 Å². The Hall–Kier alpha value is -1.75. The number of hydrogen-bond acceptors (Lipinski definition) is 4. The van der Waals surface area contributed by atoms with E-state index < -0.39 is 0 Å². The van der Waals surface area contributed by atoms with Crippen LogP contribution in [0.15, 0.2) is 30.3 Å². The smallest absolute Gasteiger partial charge is 0.157 e. The average molecular weight is 273 g/mol. The van der Waals surface area contributed by atoms with Crippen molar-refractivity contribution in [3.63, 3.8) is 0 Å². The predicted molar refractivity (Wildman–Crippen MR) is 79.3 cm³/mol. The fraction of sp³-hybridized carbons (Fsp3) is 0.533. The van der Waals surface area contributed by atoms with Gasteiger partial charge in [0.25, 0.3) is 0 Å². The number of aromatic nitrogens is 4. The lowest BCUT2D eigenvalue weighted by Gasteiger charge is -2.23. The highest BCUT2D eigenvalue weighted by Crippen LogP contribution is 2.25. The lowest BCUT2D eigenvalue weighted by Crippen LogP contribution is -2.26. The second-order valence-electron chi connectivity index (χ2n) is 5.77. The number of nitrogens with zero attached hydrogens (tertiary/aromatic N) is 4. The SMILES string of the molecule is CC(C)(Cc1ccccc1)c1nnnn1CCCCN. The summed E-state index contributed by atoms with van der Waals surface area (Å²) in [5.74, 6) is 0.943. The highest BCUT2D eigenvalue weighted by atomic mass is 15.5. The average Bonchev–Trinajstić information content (AvgIpc) is 2.89. The van der Waals surface area contributed by atoms with Crippen LogP contribution in [-0.2, 0) is 18.4 Å². The third kappa shape index (κ3) is 3.63. The molecule has 0 unspecified atom stereocenters. The van der Waals surface area contributed by atoms with Gasteiger partial charge < -0.3 is 5.73 Å². The molecule has 1 heterocycles. The molecule has 1 aromatic carbocycles. The van der Waals surface area contributed by atoms with Crippen molar-refractivity contribution in [3.05, 3.63) is 41.7 Å². The largest absolute Gasteiger partial charge is 0.330 e. The first-order valence-electron chi connectivity index (χ1n) is 7.14. The maximum Gasteiger partial charge on any atom is 0.157 e. The van der Waals surface area contributed by atoms with Crippen LogP contribution in [0.5, 0.6) is 0 Å². The molecule has 0 spiro atoms. The summed E-state index contributed by atoms with van der Waals surface area (Å²) < 4.78 is 1.92. The zero-order chi connectivity index (χ0) is 14.4. The summed E-state index contributed by atoms with van der Waals surface area (Å²) in [7, 11) is 0. The molecule has 108 valence electrons. The number of tetrazole rings is 1. The van der Waals surface area contributed by atoms with Gasteiger partial charge in [0.15, 0.2) is 5.82 Å². The quantitative estimate of drug-likeness (QED) is 0.783. The van der Waals surface area contributed by atoms with Gasteiger partial charge in [-0.05, 0) is 41.8 Å². The van der Waals surface area contributed by atoms with E-state index in [0.29, 0.717) is 6.54 Å². The Kier molecular flexibility index (Phi) is 4.84. The zero-order valence-electron chi connectivity index (χ0n) is 12.3. The lowest BCUT2D eigenvalue weighted by atomic mass is 9.85. The lowest BCUT2D eigenvalue weighted by molar-refractivity contribution is 0.427. The number of unbranched alkanes of at least 4 members (excludes halogenated alkanes) is 1. The van der Waals surface area contributed by atoms with Gasteiger partial charge in [-0.15, -0.1) is 5.10 Å². The number of aryl methyl sites for hydroxylation is 1. The van der Waals surface area contributed by atoms with Crippen LogP contribution in [0.25, 0.3) is 0 Å². The molecule has 5 heteroatoms. The van der Waals surface area contributed by atoms with Crippen molar-refractivity contribution in [3.8, 4) is 0 Å². The van der Waals surface area contributed by atoms with E-state index in [1.54, 1.807) is 0 Å². The fourth-order valence-electron chi connectivity index (χ4n) is 2.43. The molecule has 0 aliphatic heterocycles. The summed E-state index contributed by atoms with van der Waals surface area (Å²) >= 11 is 0. The van der Waals surface area contributed by atoms with Gasteiger partial charge in [0.1, 0.15) is 0 Å². The molecule has 2 rings (SSSR count). The number of rotatable bonds is 7. The fourth-order valence-corrected chi connectivity index (χ4v) is 2.43. The van der Waals surface area contributed by atoms with Crippen molar-refractivity contribution in [1.29, 1.82) is 0 Å². The van der Waals surface area contributed by atoms with Crippen molar-refractivity contribution in [2.75, 3.05) is 6.54 Å². The molecule has 0 saturated heterocycles. The Morgan fingerprint density at radius 1 is 1.15 bits per heavy atom. The topological polar surface area (TPSA) is 69.6 Å². The first-order valence-corrected chi connectivity index (χ1v) is 7.14. The van der Waals surface area contributed by atoms with Crippen molar-refractivity contribution in [2.45, 2.75) is 45.1 Å². The Morgan fingerprint density at radius 2 is 1.90 bits per heavy atom. The molecule has 0 atom stereocenters. The van der Waals surface area contributed by atoms with E-state index in [9.17, 15) is 0 Å². The van der Waals surface area contributed by atoms with Crippen LogP contribution in [0, 0.1) is 0 Å². The minimum absolute atomic E-state index is 0.0897. The van der Waals surface area contributed by atoms with Crippen LogP contribution in [0.3, 0.4) is 0 Å². The van der Waals surface area contributed by atoms with Crippen LogP contribution >= 0.6 is 0 Å². The Labute approximate surface area is 120 Å². The summed E-state index contributed by atoms with van der Waals surface area (Å²) in [6.07, 6.45) is 2.93. The first kappa shape index (κ1) is 14.7. The standard InChI is InChI=1S/C15H23N5/c1-15(2,12-13-8-4-3-5-9-13)14-17-18-19-20(14)11-7-6-10-16/h3-5,8-9H,6-7,10-12,16H2,1-2H3. The summed E-state index contributed by atoms with van der Waals surface area (Å²) in [6, 6.07) is 10.5. The molecule has 0 fully saturated rings. The van der Waals surface area contributed by atoms with Gasteiger partial charge >= 0.3 is 0 Å². The summed E-state index contributed by atoms with van der Waals surface area (Å²) in [4.78, 5) is 0. The van der Waals surface area contributed by atoms with Crippen molar-refractivity contribution < 1.29 is 0 Å². The van der Waals surface area contributed by atoms with Crippen LogP contribution in [-0.4, -0.2) is 26.8 Å². The maximum absolute atomic E-state index is 5.53. The summed E-state index contributed by atoms with van der Waals surface area (Å²) in [5, 5.41) is 12.2. The van der Waals surface area contributed by atoms with E-state index in [4.69, 9.17) is 5.73 Å². The molecule has 0 bridgehead atoms. The van der Waals surface area contributed by atoms with Gasteiger partial charge in [-0.25, -0.2) is 4.68 Å². The molecular weight excluding hydrogens is 250 g/mol. The van der Waals surface area contributed by atoms with E-state index in [0.717, 1.165) is 31.6 Å². The maximum atomic E-state index is 5.53. The molecule has 0 amide bonds. The highest BCUT2D eigenvalue weighted by molar-refractivity contribution is 5.19. The van der Waals surface area contributed by atoms with Crippen molar-refractivity contribution in [2.24, 2.45) is 5.73 Å². The van der Waals surface area contributed by atoms with Gasteiger partial charge in [-0.3, -0.25) is 0 Å². The third-order valence-electron chi connectivity index (χ3n) is 3.45. The van der Waals surface area contributed by atoms with Gasteiger partial charge in [0.2, 0.25) is 0 Å². The number of nitrogens with two attached hydrogens (primary N) is 1. The molecule has 0 saturated carbocycles. The summed E-state index contributed by atoms with van der Waals surface area (Å²) in [6.45, 7) is 5.92. The molecule has 5 nitrogen and oxygen atoms in total. The second kappa shape index (κ2) is 6.61. The van der Waals surface area contributed by atoms with E-state index >= 15 is 0 Å². The first-order chi connectivity index (χ1) is 9.63. The molecule has 1 aromatic heterocycles. The van der Waals surface area contributed by atoms with Crippen LogP contribution < -0.4 is 5.73 Å². The monoisotopic (exact) mass is 273 g/mol. The van der Waals surface area contributed by atoms with E-state index in [-0.39, 0.29) is 5.41 Å². The second-order valence-corrected chi connectivity index (χ2v) is 5.77. The Morgan fingerprint density at radius 3 is 2.60 bits per heavy atom. The van der Waals surface area contributed by atoms with Crippen LogP contribution in [0.4, 0.5) is 0 Å². The van der Waals surface area contributed by atoms with Crippen LogP contribution in [0.2, 0.25) is 0 Å². The number of benzene rings is 1.